The minimum absolute atomic E-state index is 0.237. The molecule has 0 saturated heterocycles. The SMILES string of the molecule is Cc1cc(Cl)cc(Cl)c1CNC(=O)c1cncn1-c1ccc(-c2ccc(F)c(F)c2)cc1. The van der Waals surface area contributed by atoms with Gasteiger partial charge >= 0.3 is 0 Å². The fourth-order valence-corrected chi connectivity index (χ4v) is 4.04. The van der Waals surface area contributed by atoms with E-state index in [9.17, 15) is 13.6 Å². The van der Waals surface area contributed by atoms with Crippen molar-refractivity contribution in [3.05, 3.63) is 106 Å². The van der Waals surface area contributed by atoms with Crippen molar-refractivity contribution in [2.45, 2.75) is 13.5 Å². The van der Waals surface area contributed by atoms with Crippen LogP contribution in [0.4, 0.5) is 8.78 Å². The molecule has 1 amide bonds. The maximum atomic E-state index is 13.5. The zero-order valence-electron chi connectivity index (χ0n) is 16.9. The van der Waals surface area contributed by atoms with Gasteiger partial charge in [0.05, 0.1) is 12.5 Å². The van der Waals surface area contributed by atoms with Crippen molar-refractivity contribution in [2.75, 3.05) is 0 Å². The van der Waals surface area contributed by atoms with Crippen LogP contribution in [0.1, 0.15) is 21.6 Å². The summed E-state index contributed by atoms with van der Waals surface area (Å²) in [7, 11) is 0. The maximum absolute atomic E-state index is 13.5. The smallest absolute Gasteiger partial charge is 0.270 e. The van der Waals surface area contributed by atoms with Crippen molar-refractivity contribution in [3.8, 4) is 16.8 Å². The monoisotopic (exact) mass is 471 g/mol. The molecule has 0 saturated carbocycles. The number of carbonyl (C=O) groups is 1. The highest BCUT2D eigenvalue weighted by molar-refractivity contribution is 6.35. The summed E-state index contributed by atoms with van der Waals surface area (Å²) in [4.78, 5) is 16.9. The third-order valence-electron chi connectivity index (χ3n) is 5.08. The van der Waals surface area contributed by atoms with Crippen molar-refractivity contribution in [1.29, 1.82) is 0 Å². The number of aryl methyl sites for hydroxylation is 1. The van der Waals surface area contributed by atoms with Crippen molar-refractivity contribution in [3.63, 3.8) is 0 Å². The molecule has 0 fully saturated rings. The molecule has 3 aromatic carbocycles. The van der Waals surface area contributed by atoms with Gasteiger partial charge in [0, 0.05) is 22.3 Å². The summed E-state index contributed by atoms with van der Waals surface area (Å²) in [6.45, 7) is 2.11. The minimum Gasteiger partial charge on any atom is -0.347 e. The van der Waals surface area contributed by atoms with E-state index in [2.05, 4.69) is 10.3 Å². The standard InChI is InChI=1S/C24H17Cl2F2N3O/c1-14-8-17(25)10-20(26)19(14)11-30-24(32)23-12-29-13-31(23)18-5-2-15(3-6-18)16-4-7-21(27)22(28)9-16/h2-10,12-13H,11H2,1H3,(H,30,32). The minimum atomic E-state index is -0.906. The van der Waals surface area contributed by atoms with Crippen LogP contribution >= 0.6 is 23.2 Å². The molecule has 4 nitrogen and oxygen atoms in total. The first kappa shape index (κ1) is 22.0. The molecule has 4 aromatic rings. The fraction of sp³-hybridized carbons (Fsp3) is 0.0833. The maximum Gasteiger partial charge on any atom is 0.270 e. The van der Waals surface area contributed by atoms with Crippen molar-refractivity contribution in [1.82, 2.24) is 14.9 Å². The van der Waals surface area contributed by atoms with Crippen LogP contribution in [0, 0.1) is 18.6 Å². The van der Waals surface area contributed by atoms with E-state index in [1.165, 1.54) is 18.6 Å². The predicted octanol–water partition coefficient (Wildman–Crippen LogP) is 6.36. The van der Waals surface area contributed by atoms with Gasteiger partial charge in [-0.05, 0) is 65.6 Å². The van der Waals surface area contributed by atoms with Gasteiger partial charge in [0.1, 0.15) is 5.69 Å². The van der Waals surface area contributed by atoms with E-state index in [1.807, 2.05) is 6.92 Å². The van der Waals surface area contributed by atoms with E-state index in [0.29, 0.717) is 32.6 Å². The normalized spacial score (nSPS) is 10.9. The lowest BCUT2D eigenvalue weighted by atomic mass is 10.1. The first-order chi connectivity index (χ1) is 15.3. The number of aromatic nitrogens is 2. The van der Waals surface area contributed by atoms with Crippen LogP contribution in [0.25, 0.3) is 16.8 Å². The number of carbonyl (C=O) groups excluding carboxylic acids is 1. The number of nitrogens with zero attached hydrogens (tertiary/aromatic N) is 2. The van der Waals surface area contributed by atoms with Gasteiger partial charge in [-0.1, -0.05) is 41.4 Å². The Morgan fingerprint density at radius 3 is 2.41 bits per heavy atom. The average Bonchev–Trinajstić information content (AvgIpc) is 3.25. The molecule has 0 aliphatic heterocycles. The van der Waals surface area contributed by atoms with Crippen LogP contribution in [0.15, 0.2) is 67.1 Å². The van der Waals surface area contributed by atoms with Gasteiger partial charge in [-0.25, -0.2) is 13.8 Å². The number of amides is 1. The zero-order valence-corrected chi connectivity index (χ0v) is 18.4. The Labute approximate surface area is 193 Å². The highest BCUT2D eigenvalue weighted by atomic mass is 35.5. The van der Waals surface area contributed by atoms with Gasteiger partial charge in [-0.3, -0.25) is 9.36 Å². The number of nitrogens with one attached hydrogen (secondary N) is 1. The Balaban J connectivity index is 1.53. The Bertz CT molecular complexity index is 1280. The van der Waals surface area contributed by atoms with Gasteiger partial charge in [0.25, 0.3) is 5.91 Å². The Hall–Kier alpha value is -3.22. The second kappa shape index (κ2) is 9.10. The molecule has 0 spiro atoms. The highest BCUT2D eigenvalue weighted by Crippen LogP contribution is 2.26. The molecule has 0 aliphatic rings. The summed E-state index contributed by atoms with van der Waals surface area (Å²) in [5, 5.41) is 3.87. The summed E-state index contributed by atoms with van der Waals surface area (Å²) in [5.41, 5.74) is 3.96. The summed E-state index contributed by atoms with van der Waals surface area (Å²) < 4.78 is 28.3. The third kappa shape index (κ3) is 4.52. The third-order valence-corrected chi connectivity index (χ3v) is 5.63. The second-order valence-electron chi connectivity index (χ2n) is 7.19. The number of hydrogen-bond acceptors (Lipinski definition) is 2. The Morgan fingerprint density at radius 1 is 1.00 bits per heavy atom. The van der Waals surface area contributed by atoms with Gasteiger partial charge < -0.3 is 5.32 Å². The average molecular weight is 472 g/mol. The number of hydrogen-bond donors (Lipinski definition) is 1. The van der Waals surface area contributed by atoms with Crippen molar-refractivity contribution in [2.24, 2.45) is 0 Å². The Kier molecular flexibility index (Phi) is 6.26. The molecule has 1 N–H and O–H groups in total. The topological polar surface area (TPSA) is 46.9 Å². The fourth-order valence-electron chi connectivity index (χ4n) is 3.37. The van der Waals surface area contributed by atoms with E-state index in [1.54, 1.807) is 41.0 Å². The molecule has 4 rings (SSSR count). The zero-order chi connectivity index (χ0) is 22.8. The second-order valence-corrected chi connectivity index (χ2v) is 8.03. The predicted molar refractivity (Wildman–Crippen MR) is 121 cm³/mol. The molecule has 0 radical (unpaired) electrons. The molecule has 1 aromatic heterocycles. The molecule has 0 bridgehead atoms. The molecule has 162 valence electrons. The van der Waals surface area contributed by atoms with Crippen LogP contribution < -0.4 is 5.32 Å². The molecule has 1 heterocycles. The molecule has 32 heavy (non-hydrogen) atoms. The van der Waals surface area contributed by atoms with Crippen LogP contribution in [-0.2, 0) is 6.54 Å². The number of benzene rings is 3. The van der Waals surface area contributed by atoms with Crippen LogP contribution in [-0.4, -0.2) is 15.5 Å². The van der Waals surface area contributed by atoms with E-state index in [-0.39, 0.29) is 12.5 Å². The molecular formula is C24H17Cl2F2N3O. The summed E-state index contributed by atoms with van der Waals surface area (Å²) >= 11 is 12.3. The molecule has 0 unspecified atom stereocenters. The summed E-state index contributed by atoms with van der Waals surface area (Å²) in [5.74, 6) is -2.12. The number of imidazole rings is 1. The molecule has 0 aliphatic carbocycles. The van der Waals surface area contributed by atoms with Crippen LogP contribution in [0.2, 0.25) is 10.0 Å². The summed E-state index contributed by atoms with van der Waals surface area (Å²) in [6.07, 6.45) is 3.00. The van der Waals surface area contributed by atoms with E-state index < -0.39 is 11.6 Å². The number of halogens is 4. The van der Waals surface area contributed by atoms with Crippen LogP contribution in [0.3, 0.4) is 0 Å². The lowest BCUT2D eigenvalue weighted by molar-refractivity contribution is 0.0944. The van der Waals surface area contributed by atoms with Crippen molar-refractivity contribution >= 4 is 29.1 Å². The number of rotatable bonds is 5. The molecule has 8 heteroatoms. The van der Waals surface area contributed by atoms with Gasteiger partial charge in [-0.2, -0.15) is 0 Å². The largest absolute Gasteiger partial charge is 0.347 e. The van der Waals surface area contributed by atoms with E-state index in [0.717, 1.165) is 23.3 Å². The van der Waals surface area contributed by atoms with E-state index >= 15 is 0 Å². The molecular weight excluding hydrogens is 455 g/mol. The van der Waals surface area contributed by atoms with Crippen LogP contribution in [0.5, 0.6) is 0 Å². The lowest BCUT2D eigenvalue weighted by Gasteiger charge is -2.12. The quantitative estimate of drug-likeness (QED) is 0.367. The highest BCUT2D eigenvalue weighted by Gasteiger charge is 2.15. The molecule has 0 atom stereocenters. The lowest BCUT2D eigenvalue weighted by Crippen LogP contribution is -2.25. The van der Waals surface area contributed by atoms with Crippen molar-refractivity contribution < 1.29 is 13.6 Å². The van der Waals surface area contributed by atoms with Gasteiger partial charge in [0.15, 0.2) is 11.6 Å². The van der Waals surface area contributed by atoms with E-state index in [4.69, 9.17) is 23.2 Å². The van der Waals surface area contributed by atoms with Gasteiger partial charge in [-0.15, -0.1) is 0 Å². The summed E-state index contributed by atoms with van der Waals surface area (Å²) in [6, 6.07) is 14.2. The Morgan fingerprint density at radius 2 is 1.72 bits per heavy atom. The first-order valence-corrected chi connectivity index (χ1v) is 10.4. The van der Waals surface area contributed by atoms with Gasteiger partial charge in [0.2, 0.25) is 0 Å². The first-order valence-electron chi connectivity index (χ1n) is 9.64.